The monoisotopic (exact) mass is 532 g/mol. The molecule has 2 N–H and O–H groups in total. The first kappa shape index (κ1) is 26.7. The Morgan fingerprint density at radius 3 is 2.77 bits per heavy atom. The average Bonchev–Trinajstić information content (AvgIpc) is 2.94. The van der Waals surface area contributed by atoms with E-state index in [2.05, 4.69) is 15.9 Å². The Morgan fingerprint density at radius 1 is 1.13 bits per heavy atom. The van der Waals surface area contributed by atoms with Crippen molar-refractivity contribution in [1.82, 2.24) is 19.8 Å². The molecule has 0 saturated carbocycles. The Bertz CT molecular complexity index is 1350. The van der Waals surface area contributed by atoms with Crippen LogP contribution in [-0.2, 0) is 17.8 Å². The number of phenols is 1. The van der Waals surface area contributed by atoms with Gasteiger partial charge in [0.15, 0.2) is 0 Å². The normalized spacial score (nSPS) is 17.7. The van der Waals surface area contributed by atoms with Crippen molar-refractivity contribution in [2.24, 2.45) is 0 Å². The van der Waals surface area contributed by atoms with E-state index in [0.717, 1.165) is 59.3 Å². The molecule has 1 unspecified atom stereocenters. The molecule has 0 radical (unpaired) electrons. The van der Waals surface area contributed by atoms with Gasteiger partial charge in [0, 0.05) is 61.6 Å². The Balaban J connectivity index is 1.47. The van der Waals surface area contributed by atoms with Gasteiger partial charge in [0.25, 0.3) is 0 Å². The number of ether oxygens (including phenoxy) is 1. The molecule has 206 valence electrons. The predicted molar refractivity (Wildman–Crippen MR) is 151 cm³/mol. The minimum absolute atomic E-state index is 0.0302. The summed E-state index contributed by atoms with van der Waals surface area (Å²) < 4.78 is 6.01. The summed E-state index contributed by atoms with van der Waals surface area (Å²) in [7, 11) is 3.99. The highest BCUT2D eigenvalue weighted by Crippen LogP contribution is 2.36. The van der Waals surface area contributed by atoms with E-state index in [1.165, 1.54) is 6.08 Å². The number of aldehydes is 1. The number of aliphatic hydroxyl groups is 1. The lowest BCUT2D eigenvalue weighted by Crippen LogP contribution is -2.53. The number of aliphatic hydroxyl groups excluding tert-OH is 1. The highest BCUT2D eigenvalue weighted by atomic mass is 16.5. The number of aromatic hydroxyl groups is 1. The summed E-state index contributed by atoms with van der Waals surface area (Å²) in [4.78, 5) is 29.1. The number of hydrogen-bond acceptors (Lipinski definition) is 10. The largest absolute Gasteiger partial charge is 0.508 e. The SMILES string of the molecule is CN(C)CCOc1nc2c(c(N3CCN(C=CC=O)C(CO)C3)n1)CCN(c1cc(O)cc3ccccc13)C2. The number of carbonyl (C=O) groups excluding carboxylic acids is 1. The lowest BCUT2D eigenvalue weighted by Gasteiger charge is -2.42. The number of fused-ring (bicyclic) bond motifs is 2. The molecule has 2 aliphatic heterocycles. The van der Waals surface area contributed by atoms with Crippen LogP contribution in [0.3, 0.4) is 0 Å². The molecule has 0 amide bonds. The van der Waals surface area contributed by atoms with Crippen LogP contribution < -0.4 is 14.5 Å². The number of aromatic nitrogens is 2. The second-order valence-corrected chi connectivity index (χ2v) is 10.3. The zero-order valence-electron chi connectivity index (χ0n) is 22.5. The van der Waals surface area contributed by atoms with Crippen LogP contribution in [0.4, 0.5) is 11.5 Å². The second-order valence-electron chi connectivity index (χ2n) is 10.3. The van der Waals surface area contributed by atoms with Crippen LogP contribution in [0.2, 0.25) is 0 Å². The molecule has 1 saturated heterocycles. The van der Waals surface area contributed by atoms with Crippen molar-refractivity contribution in [1.29, 1.82) is 0 Å². The van der Waals surface area contributed by atoms with Gasteiger partial charge in [0.05, 0.1) is 24.9 Å². The number of benzene rings is 2. The van der Waals surface area contributed by atoms with Crippen LogP contribution in [0.5, 0.6) is 11.8 Å². The summed E-state index contributed by atoms with van der Waals surface area (Å²) in [6.07, 6.45) is 4.69. The first-order valence-electron chi connectivity index (χ1n) is 13.3. The number of piperazine rings is 1. The van der Waals surface area contributed by atoms with Crippen molar-refractivity contribution in [2.45, 2.75) is 19.0 Å². The van der Waals surface area contributed by atoms with Crippen LogP contribution >= 0.6 is 0 Å². The van der Waals surface area contributed by atoms with Gasteiger partial charge in [-0.1, -0.05) is 24.3 Å². The molecule has 5 rings (SSSR count). The maximum absolute atomic E-state index is 10.8. The first-order valence-corrected chi connectivity index (χ1v) is 13.3. The van der Waals surface area contributed by atoms with Crippen LogP contribution in [-0.4, -0.2) is 102 Å². The molecule has 3 heterocycles. The van der Waals surface area contributed by atoms with Crippen molar-refractivity contribution in [3.63, 3.8) is 0 Å². The number of phenolic OH excluding ortho intramolecular Hbond substituents is 1. The Kier molecular flexibility index (Phi) is 8.13. The molecule has 1 fully saturated rings. The highest BCUT2D eigenvalue weighted by molar-refractivity contribution is 5.95. The van der Waals surface area contributed by atoms with Gasteiger partial charge in [0.1, 0.15) is 24.5 Å². The van der Waals surface area contributed by atoms with E-state index in [0.29, 0.717) is 38.8 Å². The summed E-state index contributed by atoms with van der Waals surface area (Å²) in [5.74, 6) is 1.08. The zero-order chi connectivity index (χ0) is 27.4. The number of likely N-dealkylation sites (N-methyl/N-ethyl adjacent to an activating group) is 1. The number of carbonyl (C=O) groups is 1. The number of rotatable bonds is 9. The number of hydrogen-bond donors (Lipinski definition) is 2. The van der Waals surface area contributed by atoms with Crippen molar-refractivity contribution in [3.05, 3.63) is 59.9 Å². The van der Waals surface area contributed by atoms with Crippen molar-refractivity contribution in [2.75, 3.05) is 69.8 Å². The molecular formula is C29H36N6O4. The zero-order valence-corrected chi connectivity index (χ0v) is 22.5. The standard InChI is InChI=1S/C29H36N6O4/c1-32(2)13-15-39-29-30-26-19-34(27-17-23(38)16-21-6-3-4-7-24(21)27)10-8-25(26)28(31-29)35-12-11-33(9-5-14-36)22(18-35)20-37/h3-7,9,14,16-17,22,37-38H,8,10-13,15,18-20H2,1-2H3. The van der Waals surface area contributed by atoms with E-state index in [1.54, 1.807) is 12.3 Å². The fraction of sp³-hybridized carbons (Fsp3) is 0.414. The van der Waals surface area contributed by atoms with E-state index < -0.39 is 0 Å². The van der Waals surface area contributed by atoms with Crippen LogP contribution in [0.25, 0.3) is 10.8 Å². The van der Waals surface area contributed by atoms with Crippen LogP contribution in [0.1, 0.15) is 11.3 Å². The van der Waals surface area contributed by atoms with E-state index in [-0.39, 0.29) is 18.4 Å². The minimum atomic E-state index is -0.155. The van der Waals surface area contributed by atoms with E-state index in [9.17, 15) is 15.0 Å². The average molecular weight is 533 g/mol. The molecule has 1 atom stereocenters. The molecule has 10 nitrogen and oxygen atoms in total. The van der Waals surface area contributed by atoms with Crippen LogP contribution in [0, 0.1) is 0 Å². The first-order chi connectivity index (χ1) is 19.0. The smallest absolute Gasteiger partial charge is 0.318 e. The molecule has 3 aromatic rings. The van der Waals surface area contributed by atoms with Gasteiger partial charge < -0.3 is 34.5 Å². The summed E-state index contributed by atoms with van der Waals surface area (Å²) in [5.41, 5.74) is 2.97. The topological polar surface area (TPSA) is 106 Å². The molecular weight excluding hydrogens is 496 g/mol. The minimum Gasteiger partial charge on any atom is -0.508 e. The third-order valence-electron chi connectivity index (χ3n) is 7.35. The van der Waals surface area contributed by atoms with Crippen molar-refractivity contribution >= 4 is 28.6 Å². The van der Waals surface area contributed by atoms with Gasteiger partial charge in [-0.3, -0.25) is 4.79 Å². The van der Waals surface area contributed by atoms with Gasteiger partial charge in [0.2, 0.25) is 0 Å². The van der Waals surface area contributed by atoms with Crippen LogP contribution in [0.15, 0.2) is 48.7 Å². The Labute approximate surface area is 228 Å². The van der Waals surface area contributed by atoms with Gasteiger partial charge in [-0.05, 0) is 38.0 Å². The van der Waals surface area contributed by atoms with E-state index >= 15 is 0 Å². The van der Waals surface area contributed by atoms with E-state index in [1.807, 2.05) is 48.2 Å². The summed E-state index contributed by atoms with van der Waals surface area (Å²) in [6.45, 7) is 4.42. The number of allylic oxidation sites excluding steroid dienone is 1. The second kappa shape index (κ2) is 11.9. The van der Waals surface area contributed by atoms with Crippen molar-refractivity contribution < 1.29 is 19.7 Å². The third kappa shape index (κ3) is 5.91. The van der Waals surface area contributed by atoms with Gasteiger partial charge >= 0.3 is 6.01 Å². The molecule has 0 aliphatic carbocycles. The summed E-state index contributed by atoms with van der Waals surface area (Å²) in [6, 6.07) is 11.9. The maximum atomic E-state index is 10.8. The molecule has 10 heteroatoms. The molecule has 2 aromatic carbocycles. The van der Waals surface area contributed by atoms with E-state index in [4.69, 9.17) is 14.7 Å². The lowest BCUT2D eigenvalue weighted by atomic mass is 10.0. The third-order valence-corrected chi connectivity index (χ3v) is 7.35. The molecule has 1 aromatic heterocycles. The summed E-state index contributed by atoms with van der Waals surface area (Å²) >= 11 is 0. The quantitative estimate of drug-likeness (QED) is 0.314. The molecule has 0 spiro atoms. The molecule has 39 heavy (non-hydrogen) atoms. The van der Waals surface area contributed by atoms with Gasteiger partial charge in [-0.15, -0.1) is 0 Å². The Hall–Kier alpha value is -3.89. The fourth-order valence-corrected chi connectivity index (χ4v) is 5.34. The maximum Gasteiger partial charge on any atom is 0.318 e. The summed E-state index contributed by atoms with van der Waals surface area (Å²) in [5, 5.41) is 22.6. The number of anilines is 2. The predicted octanol–water partition coefficient (Wildman–Crippen LogP) is 2.03. The van der Waals surface area contributed by atoms with Gasteiger partial charge in [-0.2, -0.15) is 9.97 Å². The molecule has 2 aliphatic rings. The molecule has 0 bridgehead atoms. The highest BCUT2D eigenvalue weighted by Gasteiger charge is 2.31. The van der Waals surface area contributed by atoms with Gasteiger partial charge in [-0.25, -0.2) is 0 Å². The number of nitrogens with zero attached hydrogens (tertiary/aromatic N) is 6. The fourth-order valence-electron chi connectivity index (χ4n) is 5.34. The van der Waals surface area contributed by atoms with Crippen molar-refractivity contribution in [3.8, 4) is 11.8 Å². The lowest BCUT2D eigenvalue weighted by molar-refractivity contribution is -0.104. The Morgan fingerprint density at radius 2 is 1.97 bits per heavy atom.